The van der Waals surface area contributed by atoms with E-state index >= 15 is 0 Å². The molecule has 2 aliphatic rings. The lowest BCUT2D eigenvalue weighted by Gasteiger charge is -2.42. The number of likely N-dealkylation sites (tertiary alicyclic amines) is 2. The number of carbonyl (C=O) groups excluding carboxylic acids is 9. The topological polar surface area (TPSA) is 303 Å². The number of hydrogen-bond donors (Lipinski definition) is 5. The average Bonchev–Trinajstić information content (AvgIpc) is 1.29. The summed E-state index contributed by atoms with van der Waals surface area (Å²) in [7, 11) is -2.49. The number of aliphatic hydroxyl groups is 1. The first-order valence-electron chi connectivity index (χ1n) is 35.0. The Hall–Kier alpha value is -6.79. The monoisotopic (exact) mass is 1400 g/mol. The number of alkyl carbamates (subject to hydrolysis) is 1. The number of nitrogens with one attached hydrogen (secondary N) is 4. The van der Waals surface area contributed by atoms with Crippen LogP contribution in [0.1, 0.15) is 207 Å². The van der Waals surface area contributed by atoms with Crippen molar-refractivity contribution in [2.24, 2.45) is 35.5 Å². The summed E-state index contributed by atoms with van der Waals surface area (Å²) in [5.41, 5.74) is 0.957. The summed E-state index contributed by atoms with van der Waals surface area (Å²) in [4.78, 5) is 135. The molecule has 2 aromatic rings. The van der Waals surface area contributed by atoms with Gasteiger partial charge in [-0.15, -0.1) is 0 Å². The van der Waals surface area contributed by atoms with Crippen LogP contribution < -0.4 is 21.1 Å². The van der Waals surface area contributed by atoms with E-state index in [2.05, 4.69) is 49.8 Å². The van der Waals surface area contributed by atoms with E-state index in [0.717, 1.165) is 11.1 Å². The fourth-order valence-corrected chi connectivity index (χ4v) is 12.6. The largest absolute Gasteiger partial charge is 0.459 e. The summed E-state index contributed by atoms with van der Waals surface area (Å²) >= 11 is 0. The van der Waals surface area contributed by atoms with E-state index < -0.39 is 141 Å². The highest BCUT2D eigenvalue weighted by Crippen LogP contribution is 2.39. The highest BCUT2D eigenvalue weighted by Gasteiger charge is 2.46. The van der Waals surface area contributed by atoms with Gasteiger partial charge in [0.05, 0.1) is 25.0 Å². The number of nitroso groups, excluding NO2 is 1. The molecule has 2 heterocycles. The van der Waals surface area contributed by atoms with Crippen molar-refractivity contribution in [1.29, 1.82) is 0 Å². The quantitative estimate of drug-likeness (QED) is 0.0247. The van der Waals surface area contributed by atoms with E-state index in [9.17, 15) is 53.2 Å². The van der Waals surface area contributed by atoms with Crippen molar-refractivity contribution in [2.45, 2.75) is 294 Å². The smallest absolute Gasteiger partial charge is 0.407 e. The molecule has 554 valence electrons. The number of esters is 4. The van der Waals surface area contributed by atoms with Crippen LogP contribution in [0, 0.1) is 40.4 Å². The van der Waals surface area contributed by atoms with Crippen LogP contribution in [0.5, 0.6) is 0 Å². The summed E-state index contributed by atoms with van der Waals surface area (Å²) in [5, 5.41) is 20.7. The maximum atomic E-state index is 14.1. The number of hydrogen-bond acceptors (Lipinski definition) is 17. The van der Waals surface area contributed by atoms with E-state index in [-0.39, 0.29) is 61.7 Å². The van der Waals surface area contributed by atoms with Crippen LogP contribution in [0.25, 0.3) is 0 Å². The van der Waals surface area contributed by atoms with Gasteiger partial charge >= 0.3 is 30.0 Å². The standard InChI is InChI=1S/C42H71N3O9Si.C31H47N3O8.CH4/c1-15-29(6)35(44-40(50)53-41(7,8)9)33(54-55(13,14)42(10,11)12)25-34(46)52-36(28(4)5)37(47)43-31(24-27(2)3)38(48)45-23-19-22-32(45)39(49)51-26-30-20-17-16-18-21-30;1-7-21(6)27(33-40)25(35)17-26(36)42-28(20(4)5)29(37)32-23(16-19(2)3)30(38)34-15-11-14-24(34)31(39)41-18-22-12-9-8-10-13-22;/h16-18,20-21,27-29,31-33,35-36H,15,19,22-26H2,1-14H3,(H,43,47)(H,44,50);8-10,12-13,19-21,23-25,27-28,35H,7,11,14-18H2,1-6H3,(H,32,37);1H4/p+1/t29-,31-,32-,33-,35+,36-;21-,23-,24-,25-,27+,28-;/m00./s1. The Morgan fingerprint density at radius 3 is 1.35 bits per heavy atom. The van der Waals surface area contributed by atoms with Gasteiger partial charge in [0.1, 0.15) is 49.1 Å². The van der Waals surface area contributed by atoms with Gasteiger partial charge in [-0.05, 0) is 130 Å². The van der Waals surface area contributed by atoms with Gasteiger partial charge in [-0.3, -0.25) is 28.8 Å². The maximum absolute atomic E-state index is 14.1. The summed E-state index contributed by atoms with van der Waals surface area (Å²) in [6, 6.07) is 13.8. The van der Waals surface area contributed by atoms with Crippen molar-refractivity contribution in [3.05, 3.63) is 76.7 Å². The molecule has 24 heteroatoms. The Labute approximate surface area is 585 Å². The Bertz CT molecular complexity index is 2850. The first kappa shape index (κ1) is 87.3. The Morgan fingerprint density at radius 1 is 0.602 bits per heavy atom. The van der Waals surface area contributed by atoms with Crippen LogP contribution >= 0.6 is 0 Å². The third kappa shape index (κ3) is 28.4. The number of aliphatic hydroxyl groups excluding tert-OH is 1. The SMILES string of the molecule is C.CC[C@H](C)[C@@H](NC(=O)OC(C)(C)C)[C@H](CC(=O)O[C@H](C(=O)N[C@@H](CC(C)C)C(=O)N1CCC[C@H]1C(=O)OCc1ccccc1)C(C)C)O[Si](C)(C)C(C)(C)C.CC[C@H](C)[C@@H]([NH+]=O)[C@@H](O)CC(=O)O[C@H](C(=O)N[C@@H](CC(C)C)C(=O)N1CCC[C@H]1C(=O)OCc1ccccc1)C(C)C. The zero-order valence-corrected chi connectivity index (χ0v) is 62.8. The lowest BCUT2D eigenvalue weighted by molar-refractivity contribution is -0.547. The molecule has 98 heavy (non-hydrogen) atoms. The third-order valence-corrected chi connectivity index (χ3v) is 22.6. The second-order valence-electron chi connectivity index (χ2n) is 30.2. The van der Waals surface area contributed by atoms with Gasteiger partial charge in [0.15, 0.2) is 20.5 Å². The van der Waals surface area contributed by atoms with Gasteiger partial charge in [0.25, 0.3) is 11.8 Å². The summed E-state index contributed by atoms with van der Waals surface area (Å²) in [6.45, 7) is 39.0. The molecule has 0 unspecified atom stereocenters. The summed E-state index contributed by atoms with van der Waals surface area (Å²) in [6.07, 6.45) is -1.65. The van der Waals surface area contributed by atoms with Crippen molar-refractivity contribution in [1.82, 2.24) is 25.8 Å². The number of rotatable bonds is 34. The predicted molar refractivity (Wildman–Crippen MR) is 378 cm³/mol. The molecule has 2 aliphatic heterocycles. The van der Waals surface area contributed by atoms with Gasteiger partial charge in [0.2, 0.25) is 17.9 Å². The van der Waals surface area contributed by atoms with E-state index in [0.29, 0.717) is 64.5 Å². The van der Waals surface area contributed by atoms with Gasteiger partial charge in [-0.1, -0.05) is 178 Å². The molecule has 2 aromatic carbocycles. The van der Waals surface area contributed by atoms with Gasteiger partial charge < -0.3 is 59.0 Å². The Balaban J connectivity index is 0.000000683. The highest BCUT2D eigenvalue weighted by molar-refractivity contribution is 6.74. The molecule has 0 bridgehead atoms. The van der Waals surface area contributed by atoms with Crippen molar-refractivity contribution >= 4 is 61.9 Å². The molecule has 0 aliphatic carbocycles. The molecule has 0 saturated carbocycles. The van der Waals surface area contributed by atoms with Crippen molar-refractivity contribution in [2.75, 3.05) is 13.1 Å². The number of nitrogens with zero attached hydrogens (tertiary/aromatic N) is 2. The fraction of sp³-hybridized carbons (Fsp3) is 0.716. The molecule has 5 amide bonds. The zero-order chi connectivity index (χ0) is 73.3. The molecule has 2 saturated heterocycles. The Kier molecular flexibility index (Phi) is 36.6. The fourth-order valence-electron chi connectivity index (χ4n) is 11.2. The van der Waals surface area contributed by atoms with E-state index in [1.165, 1.54) is 9.80 Å². The normalized spacial score (nSPS) is 18.0. The second kappa shape index (κ2) is 41.1. The van der Waals surface area contributed by atoms with Crippen LogP contribution in [0.2, 0.25) is 18.1 Å². The minimum absolute atomic E-state index is 0. The highest BCUT2D eigenvalue weighted by atomic mass is 28.4. The number of ether oxygens (including phenoxy) is 5. The van der Waals surface area contributed by atoms with Crippen LogP contribution in [0.15, 0.2) is 60.7 Å². The molecule has 0 aromatic heterocycles. The summed E-state index contributed by atoms with van der Waals surface area (Å²) < 4.78 is 34.9. The number of carbonyl (C=O) groups is 9. The minimum atomic E-state index is -2.49. The average molecular weight is 1400 g/mol. The Morgan fingerprint density at radius 2 is 1.00 bits per heavy atom. The van der Waals surface area contributed by atoms with E-state index in [4.69, 9.17) is 28.1 Å². The van der Waals surface area contributed by atoms with Gasteiger partial charge in [-0.2, -0.15) is 0 Å². The first-order chi connectivity index (χ1) is 45.2. The molecule has 2 fully saturated rings. The van der Waals surface area contributed by atoms with Crippen LogP contribution in [0.4, 0.5) is 4.79 Å². The molecule has 4 rings (SSSR count). The van der Waals surface area contributed by atoms with E-state index in [1.54, 1.807) is 60.6 Å². The van der Waals surface area contributed by atoms with Gasteiger partial charge in [0, 0.05) is 23.9 Å². The number of benzene rings is 2. The first-order valence-corrected chi connectivity index (χ1v) is 37.9. The molecule has 12 atom stereocenters. The molecular weight excluding hydrogens is 1270 g/mol. The van der Waals surface area contributed by atoms with Crippen molar-refractivity contribution in [3.63, 3.8) is 0 Å². The third-order valence-electron chi connectivity index (χ3n) is 18.1. The zero-order valence-electron chi connectivity index (χ0n) is 61.8. The second-order valence-corrected chi connectivity index (χ2v) is 35.0. The lowest BCUT2D eigenvalue weighted by Crippen LogP contribution is -2.78. The van der Waals surface area contributed by atoms with Crippen molar-refractivity contribution < 1.29 is 81.5 Å². The van der Waals surface area contributed by atoms with Crippen LogP contribution in [-0.2, 0) is 79.7 Å². The van der Waals surface area contributed by atoms with Crippen LogP contribution in [-0.4, -0.2) is 156 Å². The van der Waals surface area contributed by atoms with Crippen LogP contribution in [0.3, 0.4) is 0 Å². The van der Waals surface area contributed by atoms with Gasteiger partial charge in [-0.25, -0.2) is 14.4 Å². The molecular formula is C74H123N6O17Si+. The van der Waals surface area contributed by atoms with E-state index in [1.807, 2.05) is 109 Å². The maximum Gasteiger partial charge on any atom is 0.407 e. The predicted octanol–water partition coefficient (Wildman–Crippen LogP) is 10.0. The minimum Gasteiger partial charge on any atom is -0.459 e. The molecule has 23 nitrogen and oxygen atoms in total. The molecule has 0 spiro atoms. The molecule has 5 N–H and O–H groups in total. The van der Waals surface area contributed by atoms with Crippen molar-refractivity contribution in [3.8, 4) is 0 Å². The molecule has 0 radical (unpaired) electrons. The number of amides is 5. The summed E-state index contributed by atoms with van der Waals surface area (Å²) in [5.74, 6) is -5.53. The lowest BCUT2D eigenvalue weighted by atomic mass is 9.92.